The van der Waals surface area contributed by atoms with Crippen LogP contribution in [0.1, 0.15) is 31.4 Å². The van der Waals surface area contributed by atoms with E-state index in [0.717, 1.165) is 31.6 Å². The Kier molecular flexibility index (Phi) is 6.99. The van der Waals surface area contributed by atoms with Crippen molar-refractivity contribution in [1.82, 2.24) is 4.90 Å². The third kappa shape index (κ3) is 4.90. The number of likely N-dealkylation sites (N-methyl/N-ethyl adjacent to an activating group) is 1. The first-order valence-electron chi connectivity index (χ1n) is 6.80. The van der Waals surface area contributed by atoms with E-state index in [4.69, 9.17) is 10.5 Å². The van der Waals surface area contributed by atoms with Crippen molar-refractivity contribution in [2.45, 2.75) is 31.8 Å². The van der Waals surface area contributed by atoms with E-state index in [2.05, 4.69) is 18.9 Å². The number of hydrogen-bond donors (Lipinski definition) is 1. The van der Waals surface area contributed by atoms with Crippen molar-refractivity contribution in [3.8, 4) is 0 Å². The van der Waals surface area contributed by atoms with E-state index in [1.54, 1.807) is 7.11 Å². The molecule has 0 bridgehead atoms. The monoisotopic (exact) mass is 268 g/mol. The molecule has 0 aliphatic rings. The van der Waals surface area contributed by atoms with Crippen LogP contribution in [0.3, 0.4) is 0 Å². The molecule has 2 unspecified atom stereocenters. The fraction of sp³-hybridized carbons (Fsp3) is 0.600. The van der Waals surface area contributed by atoms with Crippen LogP contribution in [-0.2, 0) is 4.74 Å². The van der Waals surface area contributed by atoms with Gasteiger partial charge in [0.2, 0.25) is 0 Å². The fourth-order valence-corrected chi connectivity index (χ4v) is 2.31. The molecule has 0 saturated carbocycles. The van der Waals surface area contributed by atoms with Crippen molar-refractivity contribution >= 4 is 0 Å². The Balaban J connectivity index is 2.79. The molecule has 0 spiro atoms. The molecule has 0 amide bonds. The minimum atomic E-state index is -0.213. The van der Waals surface area contributed by atoms with Gasteiger partial charge in [-0.1, -0.05) is 19.1 Å². The summed E-state index contributed by atoms with van der Waals surface area (Å²) in [5.74, 6) is -0.213. The number of rotatable bonds is 8. The zero-order chi connectivity index (χ0) is 14.3. The molecular formula is C15H25FN2O. The fourth-order valence-electron chi connectivity index (χ4n) is 2.31. The minimum absolute atomic E-state index is 0.0398. The largest absolute Gasteiger partial charge is 0.385 e. The number of methoxy groups -OCH3 is 1. The molecule has 0 heterocycles. The van der Waals surface area contributed by atoms with Gasteiger partial charge in [-0.2, -0.15) is 0 Å². The highest BCUT2D eigenvalue weighted by Crippen LogP contribution is 2.24. The number of halogens is 1. The predicted molar refractivity (Wildman–Crippen MR) is 76.5 cm³/mol. The van der Waals surface area contributed by atoms with Gasteiger partial charge < -0.3 is 10.5 Å². The average Bonchev–Trinajstić information content (AvgIpc) is 2.41. The maximum Gasteiger partial charge on any atom is 0.123 e. The second kappa shape index (κ2) is 8.25. The normalized spacial score (nSPS) is 14.6. The van der Waals surface area contributed by atoms with Gasteiger partial charge in [0, 0.05) is 32.3 Å². The molecular weight excluding hydrogens is 243 g/mol. The molecule has 3 nitrogen and oxygen atoms in total. The van der Waals surface area contributed by atoms with Gasteiger partial charge in [-0.3, -0.25) is 4.90 Å². The summed E-state index contributed by atoms with van der Waals surface area (Å²) in [5, 5.41) is 0. The van der Waals surface area contributed by atoms with Gasteiger partial charge in [0.05, 0.1) is 0 Å². The number of benzene rings is 1. The van der Waals surface area contributed by atoms with Gasteiger partial charge in [-0.15, -0.1) is 0 Å². The van der Waals surface area contributed by atoms with E-state index < -0.39 is 0 Å². The van der Waals surface area contributed by atoms with E-state index >= 15 is 0 Å². The second-order valence-corrected chi connectivity index (χ2v) is 4.90. The van der Waals surface area contributed by atoms with Gasteiger partial charge in [0.15, 0.2) is 0 Å². The lowest BCUT2D eigenvalue weighted by Crippen LogP contribution is -2.39. The Morgan fingerprint density at radius 1 is 1.32 bits per heavy atom. The van der Waals surface area contributed by atoms with Gasteiger partial charge >= 0.3 is 0 Å². The second-order valence-electron chi connectivity index (χ2n) is 4.90. The molecule has 2 N–H and O–H groups in total. The Hall–Kier alpha value is -0.970. The number of nitrogens with two attached hydrogens (primary N) is 1. The lowest BCUT2D eigenvalue weighted by atomic mass is 9.96. The molecule has 19 heavy (non-hydrogen) atoms. The summed E-state index contributed by atoms with van der Waals surface area (Å²) >= 11 is 0. The standard InChI is InChI=1S/C15H25FN2O/c1-4-14(17)15(18(2)10-5-11-19-3)12-6-8-13(16)9-7-12/h6-9,14-15H,4-5,10-11,17H2,1-3H3. The molecule has 4 heteroatoms. The van der Waals surface area contributed by atoms with Crippen LogP contribution in [0.4, 0.5) is 4.39 Å². The van der Waals surface area contributed by atoms with Crippen LogP contribution >= 0.6 is 0 Å². The molecule has 0 fully saturated rings. The van der Waals surface area contributed by atoms with Crippen LogP contribution in [-0.4, -0.2) is 38.3 Å². The van der Waals surface area contributed by atoms with Crippen molar-refractivity contribution in [2.75, 3.05) is 27.3 Å². The third-order valence-electron chi connectivity index (χ3n) is 3.42. The molecule has 0 radical (unpaired) electrons. The average molecular weight is 268 g/mol. The van der Waals surface area contributed by atoms with Crippen LogP contribution in [0.25, 0.3) is 0 Å². The van der Waals surface area contributed by atoms with Crippen LogP contribution in [0.5, 0.6) is 0 Å². The summed E-state index contributed by atoms with van der Waals surface area (Å²) in [5.41, 5.74) is 7.29. The summed E-state index contributed by atoms with van der Waals surface area (Å²) in [4.78, 5) is 2.22. The molecule has 1 aromatic carbocycles. The minimum Gasteiger partial charge on any atom is -0.385 e. The SMILES string of the molecule is CCC(N)C(c1ccc(F)cc1)N(C)CCCOC. The van der Waals surface area contributed by atoms with Crippen molar-refractivity contribution < 1.29 is 9.13 Å². The first kappa shape index (κ1) is 16.1. The topological polar surface area (TPSA) is 38.5 Å². The summed E-state index contributed by atoms with van der Waals surface area (Å²) in [6.07, 6.45) is 1.85. The van der Waals surface area contributed by atoms with E-state index in [1.807, 2.05) is 12.1 Å². The molecule has 0 aromatic heterocycles. The van der Waals surface area contributed by atoms with E-state index in [-0.39, 0.29) is 17.9 Å². The Morgan fingerprint density at radius 2 is 1.95 bits per heavy atom. The number of hydrogen-bond acceptors (Lipinski definition) is 3. The van der Waals surface area contributed by atoms with Crippen LogP contribution in [0.15, 0.2) is 24.3 Å². The number of ether oxygens (including phenoxy) is 1. The Labute approximate surface area is 115 Å². The molecule has 0 saturated heterocycles. The Bertz CT molecular complexity index is 356. The van der Waals surface area contributed by atoms with Crippen LogP contribution in [0, 0.1) is 5.82 Å². The molecule has 2 atom stereocenters. The summed E-state index contributed by atoms with van der Waals surface area (Å²) in [6.45, 7) is 3.72. The molecule has 0 aliphatic carbocycles. The molecule has 1 aromatic rings. The van der Waals surface area contributed by atoms with Gasteiger partial charge in [0.1, 0.15) is 5.82 Å². The van der Waals surface area contributed by atoms with Crippen LogP contribution in [0.2, 0.25) is 0 Å². The first-order valence-corrected chi connectivity index (χ1v) is 6.80. The smallest absolute Gasteiger partial charge is 0.123 e. The first-order chi connectivity index (χ1) is 9.10. The van der Waals surface area contributed by atoms with Crippen molar-refractivity contribution in [1.29, 1.82) is 0 Å². The van der Waals surface area contributed by atoms with Crippen LogP contribution < -0.4 is 5.73 Å². The van der Waals surface area contributed by atoms with Crippen molar-refractivity contribution in [3.63, 3.8) is 0 Å². The highest BCUT2D eigenvalue weighted by Gasteiger charge is 2.22. The van der Waals surface area contributed by atoms with Gasteiger partial charge in [0.25, 0.3) is 0 Å². The highest BCUT2D eigenvalue weighted by molar-refractivity contribution is 5.21. The molecule has 1 rings (SSSR count). The van der Waals surface area contributed by atoms with Gasteiger partial charge in [-0.25, -0.2) is 4.39 Å². The molecule has 108 valence electrons. The number of nitrogens with zero attached hydrogens (tertiary/aromatic N) is 1. The summed E-state index contributed by atoms with van der Waals surface area (Å²) < 4.78 is 18.1. The quantitative estimate of drug-likeness (QED) is 0.736. The maximum absolute atomic E-state index is 13.0. The lowest BCUT2D eigenvalue weighted by Gasteiger charge is -2.32. The van der Waals surface area contributed by atoms with E-state index in [9.17, 15) is 4.39 Å². The zero-order valence-electron chi connectivity index (χ0n) is 12.1. The lowest BCUT2D eigenvalue weighted by molar-refractivity contribution is 0.155. The third-order valence-corrected chi connectivity index (χ3v) is 3.42. The van der Waals surface area contributed by atoms with E-state index in [1.165, 1.54) is 12.1 Å². The van der Waals surface area contributed by atoms with Crippen molar-refractivity contribution in [3.05, 3.63) is 35.6 Å². The maximum atomic E-state index is 13.0. The highest BCUT2D eigenvalue weighted by atomic mass is 19.1. The Morgan fingerprint density at radius 3 is 2.47 bits per heavy atom. The van der Waals surface area contributed by atoms with Crippen molar-refractivity contribution in [2.24, 2.45) is 5.73 Å². The predicted octanol–water partition coefficient (Wildman–Crippen LogP) is 2.57. The molecule has 0 aliphatic heterocycles. The summed E-state index contributed by atoms with van der Waals surface area (Å²) in [6, 6.07) is 6.78. The van der Waals surface area contributed by atoms with Gasteiger partial charge in [-0.05, 0) is 37.6 Å². The summed E-state index contributed by atoms with van der Waals surface area (Å²) in [7, 11) is 3.76. The van der Waals surface area contributed by atoms with E-state index in [0.29, 0.717) is 0 Å². The zero-order valence-corrected chi connectivity index (χ0v) is 12.1.